The summed E-state index contributed by atoms with van der Waals surface area (Å²) in [6.45, 7) is 7.59. The number of carbonyl (C=O) groups excluding carboxylic acids is 1. The summed E-state index contributed by atoms with van der Waals surface area (Å²) < 4.78 is 11.4. The van der Waals surface area contributed by atoms with Gasteiger partial charge in [-0.1, -0.05) is 18.2 Å². The van der Waals surface area contributed by atoms with Gasteiger partial charge in [-0.3, -0.25) is 0 Å². The SMILES string of the molecule is C=C1C(=O)O[C@H]2[C@H]1[C@@H](O)C[C@@]1(C)O[C@@]13[C@@H]2C(C)=C[C@@H]3O. The highest BCUT2D eigenvalue weighted by molar-refractivity contribution is 5.91. The largest absolute Gasteiger partial charge is 0.457 e. The van der Waals surface area contributed by atoms with Crippen molar-refractivity contribution in [1.29, 1.82) is 0 Å². The normalized spacial score (nSPS) is 56.4. The van der Waals surface area contributed by atoms with E-state index in [4.69, 9.17) is 9.47 Å². The molecule has 1 saturated carbocycles. The van der Waals surface area contributed by atoms with E-state index in [2.05, 4.69) is 6.58 Å². The standard InChI is InChI=1S/C15H18O5/c1-6-4-9(17)15-11(6)12-10(7(2)13(18)19-12)8(16)5-14(15,3)20-15/h4,8-12,16-17H,2,5H2,1,3H3/t8-,9-,10+,11+,12-,14+,15-/m0/s1. The summed E-state index contributed by atoms with van der Waals surface area (Å²) in [5, 5.41) is 20.8. The lowest BCUT2D eigenvalue weighted by Crippen LogP contribution is -2.43. The van der Waals surface area contributed by atoms with Gasteiger partial charge < -0.3 is 19.7 Å². The minimum absolute atomic E-state index is 0.215. The second kappa shape index (κ2) is 3.35. The molecule has 2 saturated heterocycles. The number of esters is 1. The van der Waals surface area contributed by atoms with Crippen LogP contribution in [0.25, 0.3) is 0 Å². The van der Waals surface area contributed by atoms with Gasteiger partial charge in [0.05, 0.1) is 17.9 Å². The van der Waals surface area contributed by atoms with Gasteiger partial charge in [0.25, 0.3) is 0 Å². The molecule has 2 N–H and O–H groups in total. The number of ether oxygens (including phenoxy) is 2. The molecular weight excluding hydrogens is 260 g/mol. The quantitative estimate of drug-likeness (QED) is 0.289. The molecule has 5 heteroatoms. The maximum absolute atomic E-state index is 11.8. The molecule has 0 aromatic carbocycles. The molecule has 0 aromatic heterocycles. The van der Waals surface area contributed by atoms with Crippen LogP contribution in [0.3, 0.4) is 0 Å². The Kier molecular flexibility index (Phi) is 2.10. The summed E-state index contributed by atoms with van der Waals surface area (Å²) in [4.78, 5) is 11.8. The van der Waals surface area contributed by atoms with Gasteiger partial charge in [0.1, 0.15) is 23.4 Å². The predicted molar refractivity (Wildman–Crippen MR) is 68.6 cm³/mol. The molecule has 4 rings (SSSR count). The average Bonchev–Trinajstić information content (AvgIpc) is 2.73. The van der Waals surface area contributed by atoms with Crippen LogP contribution < -0.4 is 0 Å². The molecule has 0 aromatic rings. The molecule has 0 radical (unpaired) electrons. The van der Waals surface area contributed by atoms with Crippen molar-refractivity contribution in [3.05, 3.63) is 23.8 Å². The second-order valence-corrected chi connectivity index (χ2v) is 6.65. The van der Waals surface area contributed by atoms with E-state index in [0.717, 1.165) is 5.57 Å². The number of hydrogen-bond donors (Lipinski definition) is 2. The lowest BCUT2D eigenvalue weighted by molar-refractivity contribution is -0.142. The van der Waals surface area contributed by atoms with E-state index in [-0.39, 0.29) is 5.92 Å². The lowest BCUT2D eigenvalue weighted by atomic mass is 9.77. The highest BCUT2D eigenvalue weighted by Crippen LogP contribution is 2.67. The van der Waals surface area contributed by atoms with Crippen molar-refractivity contribution < 1.29 is 24.5 Å². The molecule has 108 valence electrons. The van der Waals surface area contributed by atoms with E-state index < -0.39 is 41.4 Å². The maximum Gasteiger partial charge on any atom is 0.334 e. The van der Waals surface area contributed by atoms with Crippen LogP contribution in [0.15, 0.2) is 23.8 Å². The Morgan fingerprint density at radius 1 is 1.45 bits per heavy atom. The number of epoxide rings is 1. The highest BCUT2D eigenvalue weighted by Gasteiger charge is 2.80. The molecular formula is C15H18O5. The molecule has 20 heavy (non-hydrogen) atoms. The van der Waals surface area contributed by atoms with Crippen molar-refractivity contribution in [2.75, 3.05) is 0 Å². The van der Waals surface area contributed by atoms with Crippen LogP contribution in [0, 0.1) is 11.8 Å². The molecule has 7 atom stereocenters. The van der Waals surface area contributed by atoms with Gasteiger partial charge in [-0.2, -0.15) is 0 Å². The summed E-state index contributed by atoms with van der Waals surface area (Å²) >= 11 is 0. The van der Waals surface area contributed by atoms with Crippen LogP contribution in [0.2, 0.25) is 0 Å². The van der Waals surface area contributed by atoms with Crippen LogP contribution >= 0.6 is 0 Å². The van der Waals surface area contributed by atoms with Crippen LogP contribution in [0.4, 0.5) is 0 Å². The molecule has 2 heterocycles. The van der Waals surface area contributed by atoms with E-state index in [1.165, 1.54) is 0 Å². The molecule has 0 unspecified atom stereocenters. The molecule has 0 bridgehead atoms. The zero-order valence-electron chi connectivity index (χ0n) is 11.5. The first-order chi connectivity index (χ1) is 9.32. The average molecular weight is 278 g/mol. The molecule has 1 spiro atoms. The predicted octanol–water partition coefficient (Wildman–Crippen LogP) is 0.313. The van der Waals surface area contributed by atoms with Gasteiger partial charge in [-0.25, -0.2) is 4.79 Å². The topological polar surface area (TPSA) is 79.3 Å². The Hall–Kier alpha value is -1.17. The van der Waals surface area contributed by atoms with Gasteiger partial charge in [-0.15, -0.1) is 0 Å². The fourth-order valence-corrected chi connectivity index (χ4v) is 4.68. The maximum atomic E-state index is 11.8. The number of aliphatic hydroxyl groups is 2. The van der Waals surface area contributed by atoms with E-state index in [0.29, 0.717) is 12.0 Å². The Labute approximate surface area is 116 Å². The Morgan fingerprint density at radius 2 is 2.15 bits per heavy atom. The van der Waals surface area contributed by atoms with Crippen molar-refractivity contribution in [1.82, 2.24) is 0 Å². The monoisotopic (exact) mass is 278 g/mol. The number of hydrogen-bond acceptors (Lipinski definition) is 5. The number of aliphatic hydroxyl groups excluding tert-OH is 2. The van der Waals surface area contributed by atoms with Crippen molar-refractivity contribution in [3.8, 4) is 0 Å². The third-order valence-electron chi connectivity index (χ3n) is 5.60. The highest BCUT2D eigenvalue weighted by atomic mass is 16.6. The molecule has 5 nitrogen and oxygen atoms in total. The van der Waals surface area contributed by atoms with E-state index in [1.54, 1.807) is 6.08 Å². The number of fused-ring (bicyclic) bond motifs is 2. The van der Waals surface area contributed by atoms with Crippen LogP contribution in [-0.2, 0) is 14.3 Å². The smallest absolute Gasteiger partial charge is 0.334 e. The molecule has 2 aliphatic carbocycles. The second-order valence-electron chi connectivity index (χ2n) is 6.65. The van der Waals surface area contributed by atoms with Crippen molar-refractivity contribution in [2.24, 2.45) is 11.8 Å². The van der Waals surface area contributed by atoms with Crippen molar-refractivity contribution in [2.45, 2.75) is 49.8 Å². The first kappa shape index (κ1) is 12.6. The van der Waals surface area contributed by atoms with Gasteiger partial charge in [0, 0.05) is 12.0 Å². The summed E-state index contributed by atoms with van der Waals surface area (Å²) in [5.74, 6) is -1.08. The van der Waals surface area contributed by atoms with E-state index >= 15 is 0 Å². The van der Waals surface area contributed by atoms with Crippen LogP contribution in [0.5, 0.6) is 0 Å². The molecule has 0 amide bonds. The van der Waals surface area contributed by atoms with E-state index in [1.807, 2.05) is 13.8 Å². The Bertz CT molecular complexity index is 567. The van der Waals surface area contributed by atoms with Crippen LogP contribution in [0.1, 0.15) is 20.3 Å². The number of rotatable bonds is 0. The Balaban J connectivity index is 1.86. The summed E-state index contributed by atoms with van der Waals surface area (Å²) in [6.07, 6.45) is 0.186. The van der Waals surface area contributed by atoms with Crippen molar-refractivity contribution >= 4 is 5.97 Å². The third kappa shape index (κ3) is 1.14. The fourth-order valence-electron chi connectivity index (χ4n) is 4.68. The van der Waals surface area contributed by atoms with Gasteiger partial charge in [0.15, 0.2) is 0 Å². The number of carbonyl (C=O) groups is 1. The minimum Gasteiger partial charge on any atom is -0.457 e. The Morgan fingerprint density at radius 3 is 2.85 bits per heavy atom. The molecule has 4 aliphatic rings. The summed E-state index contributed by atoms with van der Waals surface area (Å²) in [5.41, 5.74) is -0.0611. The van der Waals surface area contributed by atoms with Gasteiger partial charge >= 0.3 is 5.97 Å². The summed E-state index contributed by atoms with van der Waals surface area (Å²) in [7, 11) is 0. The van der Waals surface area contributed by atoms with Gasteiger partial charge in [0.2, 0.25) is 0 Å². The van der Waals surface area contributed by atoms with Crippen LogP contribution in [-0.4, -0.2) is 45.7 Å². The molecule has 3 fully saturated rings. The zero-order chi connectivity index (χ0) is 14.4. The summed E-state index contributed by atoms with van der Waals surface area (Å²) in [6, 6.07) is 0. The lowest BCUT2D eigenvalue weighted by Gasteiger charge is -2.28. The van der Waals surface area contributed by atoms with Crippen molar-refractivity contribution in [3.63, 3.8) is 0 Å². The first-order valence-corrected chi connectivity index (χ1v) is 6.96. The fraction of sp³-hybridized carbons (Fsp3) is 0.667. The minimum atomic E-state index is -0.762. The molecule has 2 aliphatic heterocycles. The van der Waals surface area contributed by atoms with Gasteiger partial charge in [-0.05, 0) is 13.8 Å². The zero-order valence-corrected chi connectivity index (χ0v) is 11.5. The first-order valence-electron chi connectivity index (χ1n) is 6.96. The third-order valence-corrected chi connectivity index (χ3v) is 5.60. The van der Waals surface area contributed by atoms with E-state index in [9.17, 15) is 15.0 Å².